The fourth-order valence-corrected chi connectivity index (χ4v) is 3.60. The second-order valence-corrected chi connectivity index (χ2v) is 7.80. The molecule has 170 valence electrons. The molecule has 0 bridgehead atoms. The van der Waals surface area contributed by atoms with Gasteiger partial charge in [-0.25, -0.2) is 14.8 Å². The van der Waals surface area contributed by atoms with Crippen molar-refractivity contribution in [3.63, 3.8) is 0 Å². The number of nitrogens with one attached hydrogen (secondary N) is 1. The van der Waals surface area contributed by atoms with E-state index in [0.29, 0.717) is 5.95 Å². The molecular formula is C24H22Cl2N4O3. The number of hydrogen-bond acceptors (Lipinski definition) is 6. The van der Waals surface area contributed by atoms with Gasteiger partial charge in [-0.1, -0.05) is 53.6 Å². The van der Waals surface area contributed by atoms with Gasteiger partial charge in [0.25, 0.3) is 5.91 Å². The summed E-state index contributed by atoms with van der Waals surface area (Å²) in [5.41, 5.74) is 1.96. The summed E-state index contributed by atoms with van der Waals surface area (Å²) in [5, 5.41) is 3.04. The van der Waals surface area contributed by atoms with Crippen LogP contribution in [0.25, 0.3) is 6.08 Å². The van der Waals surface area contributed by atoms with Gasteiger partial charge in [-0.3, -0.25) is 4.79 Å². The molecule has 1 N–H and O–H groups in total. The first-order valence-corrected chi connectivity index (χ1v) is 10.8. The number of rotatable bonds is 8. The molecule has 7 nitrogen and oxygen atoms in total. The first-order valence-electron chi connectivity index (χ1n) is 10.0. The van der Waals surface area contributed by atoms with E-state index in [1.807, 2.05) is 42.3 Å². The van der Waals surface area contributed by atoms with E-state index in [2.05, 4.69) is 15.3 Å². The van der Waals surface area contributed by atoms with E-state index >= 15 is 0 Å². The molecule has 1 aromatic heterocycles. The number of carbonyl (C=O) groups is 2. The molecule has 0 fully saturated rings. The maximum atomic E-state index is 12.6. The third-order valence-corrected chi connectivity index (χ3v) is 5.43. The lowest BCUT2D eigenvalue weighted by molar-refractivity contribution is -0.142. The van der Waals surface area contributed by atoms with Crippen LogP contribution in [0.3, 0.4) is 0 Å². The minimum atomic E-state index is -0.897. The second kappa shape index (κ2) is 11.4. The molecule has 0 aliphatic rings. The average molecular weight is 485 g/mol. The highest BCUT2D eigenvalue weighted by Gasteiger charge is 2.23. The van der Waals surface area contributed by atoms with E-state index in [1.54, 1.807) is 42.7 Å². The lowest BCUT2D eigenvalue weighted by atomic mass is 10.1. The summed E-state index contributed by atoms with van der Waals surface area (Å²) in [4.78, 5) is 35.2. The van der Waals surface area contributed by atoms with Crippen molar-refractivity contribution < 1.29 is 14.3 Å². The zero-order valence-corrected chi connectivity index (χ0v) is 19.5. The van der Waals surface area contributed by atoms with Crippen molar-refractivity contribution >= 4 is 52.8 Å². The summed E-state index contributed by atoms with van der Waals surface area (Å²) in [5.74, 6) is -0.531. The molecule has 9 heteroatoms. The lowest BCUT2D eigenvalue weighted by Gasteiger charge is -2.17. The molecule has 2 aromatic carbocycles. The quantitative estimate of drug-likeness (QED) is 0.456. The minimum Gasteiger partial charge on any atom is -0.467 e. The molecule has 0 aliphatic heterocycles. The van der Waals surface area contributed by atoms with Crippen LogP contribution >= 0.6 is 23.2 Å². The monoisotopic (exact) mass is 484 g/mol. The summed E-state index contributed by atoms with van der Waals surface area (Å²) in [7, 11) is 3.15. The molecule has 3 aromatic rings. The van der Waals surface area contributed by atoms with Crippen LogP contribution in [0.2, 0.25) is 10.0 Å². The number of methoxy groups -OCH3 is 1. The van der Waals surface area contributed by atoms with Crippen LogP contribution in [-0.4, -0.2) is 42.0 Å². The normalized spacial score (nSPS) is 11.8. The van der Waals surface area contributed by atoms with Crippen LogP contribution in [0.1, 0.15) is 22.3 Å². The fraction of sp³-hybridized carbons (Fsp3) is 0.167. The van der Waals surface area contributed by atoms with Crippen LogP contribution in [-0.2, 0) is 9.53 Å². The summed E-state index contributed by atoms with van der Waals surface area (Å²) >= 11 is 12.2. The molecule has 0 spiro atoms. The molecule has 0 saturated carbocycles. The number of anilines is 2. The van der Waals surface area contributed by atoms with Gasteiger partial charge in [0.2, 0.25) is 5.95 Å². The molecule has 33 heavy (non-hydrogen) atoms. The van der Waals surface area contributed by atoms with Crippen molar-refractivity contribution in [1.82, 2.24) is 15.3 Å². The zero-order valence-electron chi connectivity index (χ0n) is 18.0. The highest BCUT2D eigenvalue weighted by atomic mass is 35.5. The summed E-state index contributed by atoms with van der Waals surface area (Å²) < 4.78 is 4.83. The number of halogens is 2. The summed E-state index contributed by atoms with van der Waals surface area (Å²) in [6, 6.07) is 13.4. The van der Waals surface area contributed by atoms with Gasteiger partial charge in [0, 0.05) is 25.1 Å². The van der Waals surface area contributed by atoms with E-state index in [-0.39, 0.29) is 22.0 Å². The van der Waals surface area contributed by atoms with E-state index in [0.717, 1.165) is 11.3 Å². The molecule has 0 radical (unpaired) electrons. The van der Waals surface area contributed by atoms with Gasteiger partial charge in [0.05, 0.1) is 22.7 Å². The van der Waals surface area contributed by atoms with E-state index in [9.17, 15) is 9.59 Å². The first kappa shape index (κ1) is 24.2. The number of aromatic nitrogens is 2. The van der Waals surface area contributed by atoms with Gasteiger partial charge < -0.3 is 15.0 Å². The van der Waals surface area contributed by atoms with E-state index in [4.69, 9.17) is 27.9 Å². The van der Waals surface area contributed by atoms with Gasteiger partial charge in [-0.05, 0) is 42.3 Å². The Morgan fingerprint density at radius 2 is 1.70 bits per heavy atom. The van der Waals surface area contributed by atoms with Crippen LogP contribution in [0.15, 0.2) is 67.0 Å². The van der Waals surface area contributed by atoms with Gasteiger partial charge in [-0.15, -0.1) is 0 Å². The standard InChI is InChI=1S/C24H22Cl2N4O3/c1-30(24-27-14-5-15-28-24)17-12-10-16(11-13-17)6-3-9-20(23(32)33-2)29-22(31)21-18(25)7-4-8-19(21)26/h3-8,10-15,20H,9H2,1-2H3,(H,29,31)/b6-3+/t20-/m0/s1. The largest absolute Gasteiger partial charge is 0.467 e. The highest BCUT2D eigenvalue weighted by molar-refractivity contribution is 6.39. The van der Waals surface area contributed by atoms with Crippen LogP contribution < -0.4 is 10.2 Å². The lowest BCUT2D eigenvalue weighted by Crippen LogP contribution is -2.41. The highest BCUT2D eigenvalue weighted by Crippen LogP contribution is 2.24. The Hall–Kier alpha value is -3.42. The van der Waals surface area contributed by atoms with Crippen molar-refractivity contribution in [2.75, 3.05) is 19.1 Å². The van der Waals surface area contributed by atoms with E-state index in [1.165, 1.54) is 7.11 Å². The molecule has 0 saturated heterocycles. The Kier molecular flexibility index (Phi) is 8.40. The third-order valence-electron chi connectivity index (χ3n) is 4.80. The van der Waals surface area contributed by atoms with Crippen molar-refractivity contribution in [2.24, 2.45) is 0 Å². The zero-order chi connectivity index (χ0) is 23.8. The van der Waals surface area contributed by atoms with Crippen LogP contribution in [0, 0.1) is 0 Å². The number of nitrogens with zero attached hydrogens (tertiary/aromatic N) is 3. The summed E-state index contributed by atoms with van der Waals surface area (Å²) in [6.07, 6.45) is 7.24. The SMILES string of the molecule is COC(=O)[C@H](C/C=C/c1ccc(N(C)c2ncccn2)cc1)NC(=O)c1c(Cl)cccc1Cl. The maximum Gasteiger partial charge on any atom is 0.328 e. The Bertz CT molecular complexity index is 1120. The number of hydrogen-bond donors (Lipinski definition) is 1. The van der Waals surface area contributed by atoms with Gasteiger partial charge in [0.15, 0.2) is 0 Å². The Balaban J connectivity index is 1.66. The molecule has 1 amide bonds. The fourth-order valence-electron chi connectivity index (χ4n) is 3.03. The predicted molar refractivity (Wildman–Crippen MR) is 130 cm³/mol. The maximum absolute atomic E-state index is 12.6. The Morgan fingerprint density at radius 1 is 1.06 bits per heavy atom. The number of amides is 1. The van der Waals surface area contributed by atoms with Crippen LogP contribution in [0.4, 0.5) is 11.6 Å². The number of carbonyl (C=O) groups excluding carboxylic acids is 2. The van der Waals surface area contributed by atoms with Gasteiger partial charge >= 0.3 is 5.97 Å². The van der Waals surface area contributed by atoms with Crippen molar-refractivity contribution in [1.29, 1.82) is 0 Å². The number of esters is 1. The average Bonchev–Trinajstić information content (AvgIpc) is 2.83. The first-order chi connectivity index (χ1) is 15.9. The smallest absolute Gasteiger partial charge is 0.328 e. The minimum absolute atomic E-state index is 0.112. The van der Waals surface area contributed by atoms with Gasteiger partial charge in [-0.2, -0.15) is 0 Å². The van der Waals surface area contributed by atoms with E-state index < -0.39 is 17.9 Å². The van der Waals surface area contributed by atoms with Crippen molar-refractivity contribution in [3.8, 4) is 0 Å². The van der Waals surface area contributed by atoms with Crippen LogP contribution in [0.5, 0.6) is 0 Å². The topological polar surface area (TPSA) is 84.4 Å². The molecule has 3 rings (SSSR count). The van der Waals surface area contributed by atoms with Crippen molar-refractivity contribution in [2.45, 2.75) is 12.5 Å². The Morgan fingerprint density at radius 3 is 2.30 bits per heavy atom. The summed E-state index contributed by atoms with van der Waals surface area (Å²) in [6.45, 7) is 0. The number of benzene rings is 2. The van der Waals surface area contributed by atoms with Gasteiger partial charge in [0.1, 0.15) is 6.04 Å². The third kappa shape index (κ3) is 6.31. The predicted octanol–water partition coefficient (Wildman–Crippen LogP) is 4.93. The van der Waals surface area contributed by atoms with Crippen molar-refractivity contribution in [3.05, 3.63) is 88.2 Å². The molecule has 1 heterocycles. The molecule has 0 unspecified atom stereocenters. The molecule has 0 aliphatic carbocycles. The molecular weight excluding hydrogens is 463 g/mol. The Labute approximate surface area is 202 Å². The number of ether oxygens (including phenoxy) is 1. The second-order valence-electron chi connectivity index (χ2n) is 6.98. The molecule has 1 atom stereocenters.